The summed E-state index contributed by atoms with van der Waals surface area (Å²) in [4.78, 5) is 30.8. The number of carbonyl (C=O) groups excluding carboxylic acids is 2. The number of halogens is 1. The molecule has 230 valence electrons. The number of benzene rings is 2. The van der Waals surface area contributed by atoms with Crippen molar-refractivity contribution < 1.29 is 32.3 Å². The van der Waals surface area contributed by atoms with Crippen LogP contribution in [0.1, 0.15) is 57.5 Å². The summed E-state index contributed by atoms with van der Waals surface area (Å²) in [6.45, 7) is 9.23. The first-order chi connectivity index (χ1) is 19.6. The number of nitrogens with zero attached hydrogens (tertiary/aromatic N) is 5. The zero-order valence-electron chi connectivity index (χ0n) is 24.5. The zero-order valence-corrected chi connectivity index (χ0v) is 26.1. The van der Waals surface area contributed by atoms with Crippen LogP contribution in [0.25, 0.3) is 0 Å². The van der Waals surface area contributed by atoms with Gasteiger partial charge in [0.25, 0.3) is 15.9 Å². The molecule has 0 spiro atoms. The number of rotatable bonds is 11. The Morgan fingerprint density at radius 1 is 1.19 bits per heavy atom. The summed E-state index contributed by atoms with van der Waals surface area (Å²) in [6.07, 6.45) is -0.456. The molecule has 3 rings (SSSR count). The largest absolute Gasteiger partial charge is 0.603 e. The number of hydrogen-bond acceptors (Lipinski definition) is 10. The van der Waals surface area contributed by atoms with Crippen molar-refractivity contribution in [3.8, 4) is 0 Å². The van der Waals surface area contributed by atoms with E-state index in [0.29, 0.717) is 4.31 Å². The summed E-state index contributed by atoms with van der Waals surface area (Å²) >= 11 is 6.29. The van der Waals surface area contributed by atoms with E-state index >= 15 is 0 Å². The van der Waals surface area contributed by atoms with Gasteiger partial charge in [0.05, 0.1) is 33.8 Å². The van der Waals surface area contributed by atoms with Crippen molar-refractivity contribution in [2.75, 3.05) is 31.3 Å². The maximum absolute atomic E-state index is 13.8. The minimum Gasteiger partial charge on any atom is -0.603 e. The molecule has 1 N–H and O–H groups in total. The highest BCUT2D eigenvalue weighted by Crippen LogP contribution is 2.31. The maximum atomic E-state index is 13.8. The molecule has 2 aromatic rings. The van der Waals surface area contributed by atoms with E-state index in [1.54, 1.807) is 39.6 Å². The molecule has 42 heavy (non-hydrogen) atoms. The SMILES string of the molecule is CC[N+]([O-])(CC)/N=N\OCCN(C(=O)OC(C)(C)C)S(=O)(=O)c1cc(C(=O)NN2c3ccccc3CC2C)ccc1Cl. The van der Waals surface area contributed by atoms with Gasteiger partial charge in [0, 0.05) is 5.56 Å². The van der Waals surface area contributed by atoms with Crippen molar-refractivity contribution in [1.82, 2.24) is 9.73 Å². The number of quaternary nitrogens is 1. The van der Waals surface area contributed by atoms with E-state index in [1.165, 1.54) is 12.1 Å². The summed E-state index contributed by atoms with van der Waals surface area (Å²) in [6, 6.07) is 11.4. The van der Waals surface area contributed by atoms with Gasteiger partial charge in [-0.25, -0.2) is 18.0 Å². The lowest BCUT2D eigenvalue weighted by Gasteiger charge is -2.30. The fourth-order valence-electron chi connectivity index (χ4n) is 4.10. The molecule has 15 heteroatoms. The van der Waals surface area contributed by atoms with Crippen molar-refractivity contribution in [3.63, 3.8) is 0 Å². The fourth-order valence-corrected chi connectivity index (χ4v) is 5.89. The van der Waals surface area contributed by atoms with Gasteiger partial charge in [-0.15, -0.1) is 0 Å². The predicted octanol–water partition coefficient (Wildman–Crippen LogP) is 5.02. The van der Waals surface area contributed by atoms with Gasteiger partial charge in [-0.05, 0) is 77.8 Å². The van der Waals surface area contributed by atoms with Crippen molar-refractivity contribution in [3.05, 3.63) is 63.8 Å². The second-order valence-electron chi connectivity index (χ2n) is 10.7. The standard InChI is InChI=1S/C27H37ClN6O7S/c1-7-34(37,8-2)30-31-40-16-15-32(26(36)41-27(4,5)6)42(38,39)24-18-21(13-14-22(24)28)25(35)29-33-19(3)17-20-11-9-10-12-23(20)33/h9-14,18-19H,7-8,15-17H2,1-6H3,(H,29,35)/b31-30-. The summed E-state index contributed by atoms with van der Waals surface area (Å²) in [5, 5.41) is 20.7. The van der Waals surface area contributed by atoms with E-state index in [0.717, 1.165) is 23.7 Å². The van der Waals surface area contributed by atoms with Gasteiger partial charge in [-0.3, -0.25) is 15.2 Å². The second kappa shape index (κ2) is 13.2. The van der Waals surface area contributed by atoms with Crippen LogP contribution in [0.15, 0.2) is 57.9 Å². The number of para-hydroxylation sites is 1. The first-order valence-electron chi connectivity index (χ1n) is 13.5. The minimum atomic E-state index is -4.66. The Bertz CT molecular complexity index is 1430. The number of hydroxylamine groups is 2. The highest BCUT2D eigenvalue weighted by Gasteiger charge is 2.35. The van der Waals surface area contributed by atoms with Crippen LogP contribution in [-0.2, 0) is 26.0 Å². The number of hydrazine groups is 1. The maximum Gasteiger partial charge on any atom is 0.424 e. The molecular weight excluding hydrogens is 588 g/mol. The number of hydrogen-bond donors (Lipinski definition) is 1. The molecule has 2 aromatic carbocycles. The third-order valence-corrected chi connectivity index (χ3v) is 8.67. The predicted molar refractivity (Wildman–Crippen MR) is 157 cm³/mol. The van der Waals surface area contributed by atoms with Gasteiger partial charge in [0.1, 0.15) is 30.2 Å². The molecule has 0 saturated carbocycles. The zero-order chi connectivity index (χ0) is 31.3. The third kappa shape index (κ3) is 7.88. The topological polar surface area (TPSA) is 153 Å². The molecule has 13 nitrogen and oxygen atoms in total. The van der Waals surface area contributed by atoms with Gasteiger partial charge >= 0.3 is 6.09 Å². The number of amides is 2. The lowest BCUT2D eigenvalue weighted by Crippen LogP contribution is -2.45. The molecule has 1 unspecified atom stereocenters. The van der Waals surface area contributed by atoms with Crippen molar-refractivity contribution in [2.45, 2.75) is 64.5 Å². The van der Waals surface area contributed by atoms with Gasteiger partial charge < -0.3 is 14.8 Å². The number of ether oxygens (including phenoxy) is 1. The summed E-state index contributed by atoms with van der Waals surface area (Å²) in [5.41, 5.74) is 3.73. The fraction of sp³-hybridized carbons (Fsp3) is 0.481. The summed E-state index contributed by atoms with van der Waals surface area (Å²) < 4.78 is 32.3. The molecule has 0 radical (unpaired) electrons. The molecule has 0 bridgehead atoms. The van der Waals surface area contributed by atoms with E-state index in [4.69, 9.17) is 21.2 Å². The van der Waals surface area contributed by atoms with Crippen LogP contribution in [0.2, 0.25) is 5.02 Å². The van der Waals surface area contributed by atoms with Crippen LogP contribution >= 0.6 is 11.6 Å². The highest BCUT2D eigenvalue weighted by atomic mass is 35.5. The Morgan fingerprint density at radius 3 is 2.50 bits per heavy atom. The lowest BCUT2D eigenvalue weighted by atomic mass is 10.1. The number of fused-ring (bicyclic) bond motifs is 1. The molecule has 0 aliphatic carbocycles. The molecule has 2 amide bonds. The van der Waals surface area contributed by atoms with Crippen LogP contribution in [-0.4, -0.2) is 67.4 Å². The average Bonchev–Trinajstić information content (AvgIpc) is 3.23. The second-order valence-corrected chi connectivity index (χ2v) is 12.9. The van der Waals surface area contributed by atoms with Crippen LogP contribution in [0.5, 0.6) is 0 Å². The molecule has 0 fully saturated rings. The number of nitrogens with one attached hydrogen (secondary N) is 1. The Hall–Kier alpha value is -3.46. The first-order valence-corrected chi connectivity index (χ1v) is 15.3. The van der Waals surface area contributed by atoms with E-state index in [1.807, 2.05) is 31.2 Å². The van der Waals surface area contributed by atoms with Crippen LogP contribution < -0.4 is 10.4 Å². The smallest absolute Gasteiger partial charge is 0.424 e. The third-order valence-electron chi connectivity index (χ3n) is 6.42. The summed E-state index contributed by atoms with van der Waals surface area (Å²) in [7, 11) is -4.66. The normalized spacial score (nSPS) is 15.4. The molecule has 1 aliphatic heterocycles. The van der Waals surface area contributed by atoms with Crippen LogP contribution in [0.4, 0.5) is 10.5 Å². The average molecular weight is 625 g/mol. The Morgan fingerprint density at radius 2 is 1.86 bits per heavy atom. The monoisotopic (exact) mass is 624 g/mol. The molecular formula is C27H37ClN6O7S. The molecule has 0 aromatic heterocycles. The number of sulfonamides is 1. The number of carbonyl (C=O) groups is 2. The van der Waals surface area contributed by atoms with E-state index in [9.17, 15) is 23.2 Å². The molecule has 1 heterocycles. The van der Waals surface area contributed by atoms with Gasteiger partial charge in [-0.2, -0.15) is 4.31 Å². The Balaban J connectivity index is 1.87. The van der Waals surface area contributed by atoms with Crippen molar-refractivity contribution in [2.24, 2.45) is 10.5 Å². The quantitative estimate of drug-likeness (QED) is 0.158. The van der Waals surface area contributed by atoms with Crippen molar-refractivity contribution in [1.29, 1.82) is 0 Å². The molecule has 0 saturated heterocycles. The first kappa shape index (κ1) is 33.0. The van der Waals surface area contributed by atoms with Gasteiger partial charge in [0.2, 0.25) is 0 Å². The van der Waals surface area contributed by atoms with Gasteiger partial charge in [0.15, 0.2) is 0 Å². The number of anilines is 1. The van der Waals surface area contributed by atoms with E-state index in [2.05, 4.69) is 15.9 Å². The lowest BCUT2D eigenvalue weighted by molar-refractivity contribution is -0.890. The van der Waals surface area contributed by atoms with Crippen molar-refractivity contribution >= 4 is 39.3 Å². The minimum absolute atomic E-state index is 0.00688. The van der Waals surface area contributed by atoms with E-state index in [-0.39, 0.29) is 29.7 Å². The Kier molecular flexibility index (Phi) is 10.4. The van der Waals surface area contributed by atoms with Gasteiger partial charge in [-0.1, -0.05) is 29.8 Å². The Labute approximate surface area is 251 Å². The summed E-state index contributed by atoms with van der Waals surface area (Å²) in [5.74, 6) is -0.565. The van der Waals surface area contributed by atoms with Crippen LogP contribution in [0, 0.1) is 5.21 Å². The van der Waals surface area contributed by atoms with Crippen LogP contribution in [0.3, 0.4) is 0 Å². The molecule has 1 aliphatic rings. The van der Waals surface area contributed by atoms with E-state index < -0.39 is 50.4 Å². The highest BCUT2D eigenvalue weighted by molar-refractivity contribution is 7.89. The molecule has 1 atom stereocenters.